The van der Waals surface area contributed by atoms with Gasteiger partial charge < -0.3 is 9.64 Å². The summed E-state index contributed by atoms with van der Waals surface area (Å²) in [7, 11) is -1.88. The summed E-state index contributed by atoms with van der Waals surface area (Å²) < 4.78 is 43.8. The Bertz CT molecular complexity index is 264. The monoisotopic (exact) mass is 253 g/mol. The molecule has 0 aromatic heterocycles. The highest BCUT2D eigenvalue weighted by atomic mass is 28.3. The van der Waals surface area contributed by atoms with Crippen molar-refractivity contribution in [2.75, 3.05) is 26.3 Å². The lowest BCUT2D eigenvalue weighted by molar-refractivity contribution is -0.117. The van der Waals surface area contributed by atoms with Crippen LogP contribution in [0, 0.1) is 0 Å². The summed E-state index contributed by atoms with van der Waals surface area (Å²) in [4.78, 5) is 1.39. The predicted octanol–water partition coefficient (Wildman–Crippen LogP) is 2.64. The van der Waals surface area contributed by atoms with Crippen LogP contribution < -0.4 is 0 Å². The van der Waals surface area contributed by atoms with E-state index in [2.05, 4.69) is 0 Å². The van der Waals surface area contributed by atoms with Gasteiger partial charge in [-0.2, -0.15) is 13.2 Å². The lowest BCUT2D eigenvalue weighted by Crippen LogP contribution is -2.41. The van der Waals surface area contributed by atoms with Crippen LogP contribution in [0.25, 0.3) is 0 Å². The Balaban J connectivity index is 2.91. The lowest BCUT2D eigenvalue weighted by Gasteiger charge is -2.33. The Hall–Kier alpha value is -0.493. The van der Waals surface area contributed by atoms with Gasteiger partial charge in [0.05, 0.1) is 21.3 Å². The molecule has 0 N–H and O–H groups in total. The van der Waals surface area contributed by atoms with Crippen LogP contribution in [0.2, 0.25) is 19.6 Å². The van der Waals surface area contributed by atoms with Gasteiger partial charge in [0, 0.05) is 13.1 Å². The number of halogens is 3. The van der Waals surface area contributed by atoms with Crippen LogP contribution in [0.3, 0.4) is 0 Å². The molecular formula is C10H18F3NOSi. The predicted molar refractivity (Wildman–Crippen MR) is 59.9 cm³/mol. The third kappa shape index (κ3) is 4.17. The molecule has 0 aromatic rings. The van der Waals surface area contributed by atoms with Crippen LogP contribution in [0.5, 0.6) is 0 Å². The number of alkyl halides is 3. The van der Waals surface area contributed by atoms with E-state index >= 15 is 0 Å². The maximum Gasteiger partial charge on any atom is 0.430 e. The van der Waals surface area contributed by atoms with Crippen molar-refractivity contribution < 1.29 is 17.9 Å². The first-order valence-electron chi connectivity index (χ1n) is 5.33. The molecule has 16 heavy (non-hydrogen) atoms. The summed E-state index contributed by atoms with van der Waals surface area (Å²) in [5, 5.41) is 0. The number of morpholine rings is 1. The second-order valence-electron chi connectivity index (χ2n) is 4.99. The number of allylic oxidation sites excluding steroid dienone is 1. The molecule has 6 heteroatoms. The third-order valence-corrected chi connectivity index (χ3v) is 3.35. The molecule has 1 rings (SSSR count). The molecule has 1 aliphatic heterocycles. The zero-order valence-electron chi connectivity index (χ0n) is 9.90. The summed E-state index contributed by atoms with van der Waals surface area (Å²) in [6.45, 7) is 7.11. The molecule has 94 valence electrons. The SMILES string of the molecule is C[Si](C)(C)/C=C(/N1CCOCC1)C(F)(F)F. The molecule has 1 heterocycles. The Kier molecular flexibility index (Phi) is 4.06. The summed E-state index contributed by atoms with van der Waals surface area (Å²) in [5.74, 6) is 0. The molecule has 2 nitrogen and oxygen atoms in total. The summed E-state index contributed by atoms with van der Waals surface area (Å²) in [6.07, 6.45) is -4.25. The van der Waals surface area contributed by atoms with Crippen molar-refractivity contribution in [2.45, 2.75) is 25.8 Å². The first-order chi connectivity index (χ1) is 7.20. The molecule has 0 atom stereocenters. The number of nitrogens with zero attached hydrogens (tertiary/aromatic N) is 1. The van der Waals surface area contributed by atoms with Gasteiger partial charge in [-0.1, -0.05) is 25.3 Å². The quantitative estimate of drug-likeness (QED) is 0.701. The number of hydrogen-bond donors (Lipinski definition) is 0. The van der Waals surface area contributed by atoms with Crippen molar-refractivity contribution in [3.8, 4) is 0 Å². The molecule has 0 amide bonds. The van der Waals surface area contributed by atoms with Gasteiger partial charge in [-0.05, 0) is 0 Å². The fourth-order valence-corrected chi connectivity index (χ4v) is 2.73. The van der Waals surface area contributed by atoms with Gasteiger partial charge in [-0.3, -0.25) is 0 Å². The maximum absolute atomic E-state index is 12.9. The Morgan fingerprint density at radius 1 is 1.19 bits per heavy atom. The zero-order valence-corrected chi connectivity index (χ0v) is 10.9. The standard InChI is InChI=1S/C10H18F3NOSi/c1-16(2,3)8-9(10(11,12)13)14-4-6-15-7-5-14/h8H,4-7H2,1-3H3/b9-8+. The molecule has 0 saturated carbocycles. The van der Waals surface area contributed by atoms with E-state index in [0.717, 1.165) is 0 Å². The van der Waals surface area contributed by atoms with E-state index in [4.69, 9.17) is 4.74 Å². The zero-order chi connectivity index (χ0) is 12.4. The molecule has 1 aliphatic rings. The minimum Gasteiger partial charge on any atom is -0.378 e. The highest BCUT2D eigenvalue weighted by Crippen LogP contribution is 2.30. The first-order valence-corrected chi connectivity index (χ1v) is 8.91. The molecule has 0 spiro atoms. The molecule has 0 aliphatic carbocycles. The Morgan fingerprint density at radius 3 is 2.06 bits per heavy atom. The van der Waals surface area contributed by atoms with Crippen molar-refractivity contribution in [3.05, 3.63) is 11.4 Å². The van der Waals surface area contributed by atoms with Gasteiger partial charge in [0.15, 0.2) is 0 Å². The molecule has 0 radical (unpaired) electrons. The van der Waals surface area contributed by atoms with Gasteiger partial charge >= 0.3 is 6.18 Å². The van der Waals surface area contributed by atoms with Gasteiger partial charge in [-0.15, -0.1) is 0 Å². The molecule has 1 saturated heterocycles. The third-order valence-electron chi connectivity index (χ3n) is 2.21. The van der Waals surface area contributed by atoms with Crippen LogP contribution in [-0.4, -0.2) is 45.5 Å². The van der Waals surface area contributed by atoms with E-state index in [-0.39, 0.29) is 0 Å². The van der Waals surface area contributed by atoms with Gasteiger partial charge in [0.25, 0.3) is 0 Å². The van der Waals surface area contributed by atoms with Crippen molar-refractivity contribution >= 4 is 8.07 Å². The Labute approximate surface area is 95.1 Å². The second-order valence-corrected chi connectivity index (χ2v) is 10.0. The van der Waals surface area contributed by atoms with Crippen LogP contribution in [-0.2, 0) is 4.74 Å². The van der Waals surface area contributed by atoms with E-state index in [1.54, 1.807) is 0 Å². The van der Waals surface area contributed by atoms with Gasteiger partial charge in [0.2, 0.25) is 0 Å². The molecule has 0 unspecified atom stereocenters. The highest BCUT2D eigenvalue weighted by molar-refractivity contribution is 6.81. The fourth-order valence-electron chi connectivity index (χ4n) is 1.57. The summed E-state index contributed by atoms with van der Waals surface area (Å²) in [6, 6.07) is 0. The van der Waals surface area contributed by atoms with E-state index in [0.29, 0.717) is 26.3 Å². The largest absolute Gasteiger partial charge is 0.430 e. The van der Waals surface area contributed by atoms with Crippen LogP contribution in [0.15, 0.2) is 11.4 Å². The van der Waals surface area contributed by atoms with Gasteiger partial charge in [-0.25, -0.2) is 0 Å². The smallest absolute Gasteiger partial charge is 0.378 e. The molecule has 0 bridgehead atoms. The average molecular weight is 253 g/mol. The lowest BCUT2D eigenvalue weighted by atomic mass is 10.3. The van der Waals surface area contributed by atoms with Crippen molar-refractivity contribution in [1.29, 1.82) is 0 Å². The topological polar surface area (TPSA) is 12.5 Å². The highest BCUT2D eigenvalue weighted by Gasteiger charge is 2.39. The van der Waals surface area contributed by atoms with Crippen LogP contribution >= 0.6 is 0 Å². The Morgan fingerprint density at radius 2 is 1.69 bits per heavy atom. The molecular weight excluding hydrogens is 235 g/mol. The summed E-state index contributed by atoms with van der Waals surface area (Å²) in [5.41, 5.74) is 0.952. The second kappa shape index (κ2) is 4.79. The van der Waals surface area contributed by atoms with E-state index in [9.17, 15) is 13.2 Å². The fraction of sp³-hybridized carbons (Fsp3) is 0.800. The minimum atomic E-state index is -4.25. The average Bonchev–Trinajstić information content (AvgIpc) is 2.13. The van der Waals surface area contributed by atoms with Crippen molar-refractivity contribution in [1.82, 2.24) is 4.90 Å². The number of hydrogen-bond acceptors (Lipinski definition) is 2. The van der Waals surface area contributed by atoms with Crippen LogP contribution in [0.4, 0.5) is 13.2 Å². The van der Waals surface area contributed by atoms with Crippen LogP contribution in [0.1, 0.15) is 0 Å². The number of ether oxygens (including phenoxy) is 1. The first kappa shape index (κ1) is 13.6. The van der Waals surface area contributed by atoms with Gasteiger partial charge in [0.1, 0.15) is 5.70 Å². The molecule has 0 aromatic carbocycles. The van der Waals surface area contributed by atoms with E-state index in [1.807, 2.05) is 19.6 Å². The number of rotatable bonds is 2. The van der Waals surface area contributed by atoms with E-state index in [1.165, 1.54) is 10.6 Å². The molecule has 1 fully saturated rings. The maximum atomic E-state index is 12.9. The van der Waals surface area contributed by atoms with Crippen molar-refractivity contribution in [3.63, 3.8) is 0 Å². The van der Waals surface area contributed by atoms with Crippen molar-refractivity contribution in [2.24, 2.45) is 0 Å². The van der Waals surface area contributed by atoms with E-state index < -0.39 is 19.9 Å². The summed E-state index contributed by atoms with van der Waals surface area (Å²) >= 11 is 0. The minimum absolute atomic E-state index is 0.329. The normalized spacial score (nSPS) is 20.1.